The number of hydrogen-bond donors (Lipinski definition) is 0. The number of nitrogens with zero attached hydrogens (tertiary/aromatic N) is 3. The Morgan fingerprint density at radius 3 is 2.50 bits per heavy atom. The largest absolute Gasteiger partial charge is 0.456 e. The van der Waals surface area contributed by atoms with E-state index in [0.29, 0.717) is 11.1 Å². The molecule has 0 radical (unpaired) electrons. The molecule has 9 heteroatoms. The molecular weight excluding hydrogens is 399 g/mol. The van der Waals surface area contributed by atoms with Gasteiger partial charge < -0.3 is 4.74 Å². The first kappa shape index (κ1) is 20.8. The summed E-state index contributed by atoms with van der Waals surface area (Å²) in [6.07, 6.45) is -4.55. The van der Waals surface area contributed by atoms with E-state index in [9.17, 15) is 22.8 Å². The Bertz CT molecular complexity index is 1190. The van der Waals surface area contributed by atoms with E-state index in [-0.39, 0.29) is 18.0 Å². The van der Waals surface area contributed by atoms with Crippen LogP contribution in [0.2, 0.25) is 0 Å². The van der Waals surface area contributed by atoms with Crippen LogP contribution in [0.5, 0.6) is 0 Å². The molecule has 3 rings (SSSR count). The molecule has 0 unspecified atom stereocenters. The van der Waals surface area contributed by atoms with Crippen molar-refractivity contribution in [3.8, 4) is 11.8 Å². The summed E-state index contributed by atoms with van der Waals surface area (Å²) >= 11 is 0. The van der Waals surface area contributed by atoms with Gasteiger partial charge in [0, 0.05) is 11.8 Å². The van der Waals surface area contributed by atoms with Crippen LogP contribution >= 0.6 is 0 Å². The third-order valence-electron chi connectivity index (χ3n) is 4.17. The number of ether oxygens (including phenoxy) is 1. The lowest BCUT2D eigenvalue weighted by Crippen LogP contribution is -2.24. The Hall–Kier alpha value is -3.93. The first-order valence-electron chi connectivity index (χ1n) is 8.64. The predicted octanol–water partition coefficient (Wildman–Crippen LogP) is 3.79. The van der Waals surface area contributed by atoms with E-state index < -0.39 is 28.8 Å². The van der Waals surface area contributed by atoms with Crippen molar-refractivity contribution in [3.05, 3.63) is 92.9 Å². The van der Waals surface area contributed by atoms with E-state index in [1.807, 2.05) is 6.07 Å². The fourth-order valence-electron chi connectivity index (χ4n) is 2.66. The molecule has 0 bridgehead atoms. The first-order valence-corrected chi connectivity index (χ1v) is 8.64. The minimum absolute atomic E-state index is 0.0449. The lowest BCUT2D eigenvalue weighted by atomic mass is 10.2. The summed E-state index contributed by atoms with van der Waals surface area (Å²) in [4.78, 5) is 24.5. The fourth-order valence-corrected chi connectivity index (χ4v) is 2.66. The van der Waals surface area contributed by atoms with Gasteiger partial charge in [0.2, 0.25) is 11.1 Å². The molecule has 0 aliphatic carbocycles. The van der Waals surface area contributed by atoms with Crippen molar-refractivity contribution >= 4 is 5.97 Å². The monoisotopic (exact) mass is 413 g/mol. The molecule has 0 spiro atoms. The zero-order chi connectivity index (χ0) is 21.9. The zero-order valence-electron chi connectivity index (χ0n) is 15.6. The van der Waals surface area contributed by atoms with Gasteiger partial charge in [-0.2, -0.15) is 23.5 Å². The van der Waals surface area contributed by atoms with Gasteiger partial charge in [0.25, 0.3) is 0 Å². The van der Waals surface area contributed by atoms with Crippen molar-refractivity contribution in [1.82, 2.24) is 9.78 Å². The number of carbonyl (C=O) groups is 1. The number of rotatable bonds is 4. The standard InChI is InChI=1S/C21H14F3N3O3/c1-13-9-18(28)19(20(29)30-12-15-7-5-14(11-25)6-8-15)26-27(13)17-4-2-3-16(10-17)21(22,23)24/h2-10H,12H2,1H3. The van der Waals surface area contributed by atoms with Gasteiger partial charge in [0.1, 0.15) is 6.61 Å². The van der Waals surface area contributed by atoms with Crippen molar-refractivity contribution < 1.29 is 22.7 Å². The summed E-state index contributed by atoms with van der Waals surface area (Å²) in [5.74, 6) is -1.01. The molecule has 1 aromatic heterocycles. The summed E-state index contributed by atoms with van der Waals surface area (Å²) in [6, 6.07) is 13.7. The van der Waals surface area contributed by atoms with E-state index in [1.165, 1.54) is 19.1 Å². The van der Waals surface area contributed by atoms with Crippen LogP contribution in [0, 0.1) is 18.3 Å². The summed E-state index contributed by atoms with van der Waals surface area (Å²) < 4.78 is 45.2. The van der Waals surface area contributed by atoms with Crippen LogP contribution in [-0.4, -0.2) is 15.7 Å². The number of aryl methyl sites for hydroxylation is 1. The highest BCUT2D eigenvalue weighted by Crippen LogP contribution is 2.30. The number of esters is 1. The van der Waals surface area contributed by atoms with Crippen LogP contribution in [-0.2, 0) is 17.5 Å². The van der Waals surface area contributed by atoms with Crippen LogP contribution in [0.15, 0.2) is 59.4 Å². The molecule has 0 aliphatic heterocycles. The number of nitriles is 1. The average molecular weight is 413 g/mol. The van der Waals surface area contributed by atoms with E-state index in [2.05, 4.69) is 5.10 Å². The maximum atomic E-state index is 13.0. The second-order valence-corrected chi connectivity index (χ2v) is 6.34. The van der Waals surface area contributed by atoms with E-state index in [1.54, 1.807) is 24.3 Å². The van der Waals surface area contributed by atoms with Crippen LogP contribution < -0.4 is 5.43 Å². The Balaban J connectivity index is 1.88. The number of carbonyl (C=O) groups excluding carboxylic acids is 1. The molecular formula is C21H14F3N3O3. The van der Waals surface area contributed by atoms with E-state index in [4.69, 9.17) is 10.00 Å². The number of alkyl halides is 3. The number of hydrogen-bond acceptors (Lipinski definition) is 5. The van der Waals surface area contributed by atoms with E-state index in [0.717, 1.165) is 22.9 Å². The molecule has 0 aliphatic rings. The normalized spacial score (nSPS) is 11.0. The molecule has 0 N–H and O–H groups in total. The van der Waals surface area contributed by atoms with Crippen LogP contribution in [0.4, 0.5) is 13.2 Å². The third-order valence-corrected chi connectivity index (χ3v) is 4.17. The second kappa shape index (κ2) is 8.21. The molecule has 0 fully saturated rings. The highest BCUT2D eigenvalue weighted by Gasteiger charge is 2.30. The highest BCUT2D eigenvalue weighted by molar-refractivity contribution is 5.86. The Morgan fingerprint density at radius 1 is 1.17 bits per heavy atom. The molecule has 0 atom stereocenters. The molecule has 3 aromatic rings. The number of benzene rings is 2. The maximum Gasteiger partial charge on any atom is 0.416 e. The number of halogens is 3. The Labute approximate surface area is 168 Å². The molecule has 0 saturated carbocycles. The quantitative estimate of drug-likeness (QED) is 0.608. The van der Waals surface area contributed by atoms with Crippen molar-refractivity contribution in [2.45, 2.75) is 19.7 Å². The van der Waals surface area contributed by atoms with Gasteiger partial charge in [-0.15, -0.1) is 0 Å². The SMILES string of the molecule is Cc1cc(=O)c(C(=O)OCc2ccc(C#N)cc2)nn1-c1cccc(C(F)(F)F)c1. The predicted molar refractivity (Wildman–Crippen MR) is 99.8 cm³/mol. The summed E-state index contributed by atoms with van der Waals surface area (Å²) in [5.41, 5.74) is -0.814. The van der Waals surface area contributed by atoms with E-state index >= 15 is 0 Å². The lowest BCUT2D eigenvalue weighted by Gasteiger charge is -2.13. The van der Waals surface area contributed by atoms with Gasteiger partial charge in [-0.1, -0.05) is 18.2 Å². The molecule has 1 heterocycles. The second-order valence-electron chi connectivity index (χ2n) is 6.34. The third kappa shape index (κ3) is 4.55. The summed E-state index contributed by atoms with van der Waals surface area (Å²) in [7, 11) is 0. The highest BCUT2D eigenvalue weighted by atomic mass is 19.4. The molecule has 2 aromatic carbocycles. The molecule has 0 saturated heterocycles. The molecule has 152 valence electrons. The van der Waals surface area contributed by atoms with Gasteiger partial charge in [-0.05, 0) is 42.8 Å². The van der Waals surface area contributed by atoms with Gasteiger partial charge in [0.05, 0.1) is 22.9 Å². The van der Waals surface area contributed by atoms with Crippen molar-refractivity contribution in [2.24, 2.45) is 0 Å². The average Bonchev–Trinajstić information content (AvgIpc) is 2.72. The molecule has 30 heavy (non-hydrogen) atoms. The lowest BCUT2D eigenvalue weighted by molar-refractivity contribution is -0.137. The first-order chi connectivity index (χ1) is 14.2. The number of aromatic nitrogens is 2. The smallest absolute Gasteiger partial charge is 0.416 e. The Kier molecular flexibility index (Phi) is 5.69. The van der Waals surface area contributed by atoms with Crippen LogP contribution in [0.1, 0.15) is 32.9 Å². The molecule has 0 amide bonds. The van der Waals surface area contributed by atoms with Gasteiger partial charge >= 0.3 is 12.1 Å². The van der Waals surface area contributed by atoms with Crippen molar-refractivity contribution in [3.63, 3.8) is 0 Å². The van der Waals surface area contributed by atoms with Gasteiger partial charge in [-0.25, -0.2) is 9.48 Å². The maximum absolute atomic E-state index is 13.0. The van der Waals surface area contributed by atoms with Gasteiger partial charge in [0.15, 0.2) is 0 Å². The zero-order valence-corrected chi connectivity index (χ0v) is 15.6. The van der Waals surface area contributed by atoms with Gasteiger partial charge in [-0.3, -0.25) is 4.79 Å². The minimum atomic E-state index is -4.55. The van der Waals surface area contributed by atoms with Crippen LogP contribution in [0.25, 0.3) is 5.69 Å². The van der Waals surface area contributed by atoms with Crippen LogP contribution in [0.3, 0.4) is 0 Å². The fraction of sp³-hybridized carbons (Fsp3) is 0.143. The summed E-state index contributed by atoms with van der Waals surface area (Å²) in [5, 5.41) is 12.7. The minimum Gasteiger partial charge on any atom is -0.456 e. The molecule has 6 nitrogen and oxygen atoms in total. The van der Waals surface area contributed by atoms with Crippen molar-refractivity contribution in [2.75, 3.05) is 0 Å². The topological polar surface area (TPSA) is 85.0 Å². The Morgan fingerprint density at radius 2 is 1.87 bits per heavy atom. The summed E-state index contributed by atoms with van der Waals surface area (Å²) in [6.45, 7) is 1.32. The van der Waals surface area contributed by atoms with Crippen molar-refractivity contribution in [1.29, 1.82) is 5.26 Å².